The molecule has 134 valence electrons. The zero-order chi connectivity index (χ0) is 18.5. The van der Waals surface area contributed by atoms with Gasteiger partial charge < -0.3 is 15.8 Å². The van der Waals surface area contributed by atoms with Crippen molar-refractivity contribution in [1.82, 2.24) is 15.0 Å². The third kappa shape index (κ3) is 4.38. The molecule has 0 amide bonds. The van der Waals surface area contributed by atoms with Gasteiger partial charge in [-0.25, -0.2) is 9.67 Å². The van der Waals surface area contributed by atoms with Gasteiger partial charge in [0.2, 0.25) is 0 Å². The third-order valence-electron chi connectivity index (χ3n) is 3.78. The SMILES string of the molecule is COc1ccc(-n2cc(CN=C(N)Nc3cc(C)cc(C)c3)nn2)cc1. The van der Waals surface area contributed by atoms with Gasteiger partial charge in [-0.3, -0.25) is 0 Å². The number of nitrogens with zero attached hydrogens (tertiary/aromatic N) is 4. The molecule has 1 aromatic heterocycles. The Morgan fingerprint density at radius 2 is 1.85 bits per heavy atom. The Balaban J connectivity index is 1.65. The van der Waals surface area contributed by atoms with E-state index in [9.17, 15) is 0 Å². The van der Waals surface area contributed by atoms with E-state index in [-0.39, 0.29) is 0 Å². The number of rotatable bonds is 5. The summed E-state index contributed by atoms with van der Waals surface area (Å²) in [6.45, 7) is 4.44. The summed E-state index contributed by atoms with van der Waals surface area (Å²) < 4.78 is 6.85. The monoisotopic (exact) mass is 350 g/mol. The van der Waals surface area contributed by atoms with Crippen molar-refractivity contribution in [1.29, 1.82) is 0 Å². The number of aromatic nitrogens is 3. The van der Waals surface area contributed by atoms with Gasteiger partial charge >= 0.3 is 0 Å². The zero-order valence-corrected chi connectivity index (χ0v) is 15.1. The quantitative estimate of drug-likeness (QED) is 0.545. The molecule has 0 aliphatic heterocycles. The van der Waals surface area contributed by atoms with Gasteiger partial charge in [-0.05, 0) is 61.4 Å². The molecule has 0 aliphatic carbocycles. The first kappa shape index (κ1) is 17.5. The van der Waals surface area contributed by atoms with E-state index in [0.717, 1.165) is 22.8 Å². The van der Waals surface area contributed by atoms with Crippen LogP contribution in [-0.4, -0.2) is 28.1 Å². The second kappa shape index (κ2) is 7.69. The van der Waals surface area contributed by atoms with Crippen LogP contribution in [0.2, 0.25) is 0 Å². The normalized spacial score (nSPS) is 11.4. The van der Waals surface area contributed by atoms with Crippen LogP contribution in [0.25, 0.3) is 5.69 Å². The molecular formula is C19H22N6O. The van der Waals surface area contributed by atoms with Crippen LogP contribution in [0.15, 0.2) is 53.7 Å². The number of hydrogen-bond donors (Lipinski definition) is 2. The molecule has 3 rings (SSSR count). The first-order valence-electron chi connectivity index (χ1n) is 8.24. The standard InChI is InChI=1S/C19H22N6O/c1-13-8-14(2)10-15(9-13)22-19(20)21-11-16-12-25(24-23-16)17-4-6-18(26-3)7-5-17/h4-10,12H,11H2,1-3H3,(H3,20,21,22). The van der Waals surface area contributed by atoms with Crippen LogP contribution in [0.4, 0.5) is 5.69 Å². The van der Waals surface area contributed by atoms with Crippen molar-refractivity contribution in [2.75, 3.05) is 12.4 Å². The smallest absolute Gasteiger partial charge is 0.193 e. The molecular weight excluding hydrogens is 328 g/mol. The van der Waals surface area contributed by atoms with E-state index in [1.165, 1.54) is 11.1 Å². The Hall–Kier alpha value is -3.35. The van der Waals surface area contributed by atoms with Crippen molar-refractivity contribution < 1.29 is 4.74 Å². The van der Waals surface area contributed by atoms with Crippen LogP contribution in [0, 0.1) is 13.8 Å². The maximum absolute atomic E-state index is 5.97. The molecule has 0 atom stereocenters. The van der Waals surface area contributed by atoms with Crippen LogP contribution in [0.3, 0.4) is 0 Å². The number of guanidine groups is 1. The first-order chi connectivity index (χ1) is 12.5. The number of aryl methyl sites for hydroxylation is 2. The van der Waals surface area contributed by atoms with Crippen LogP contribution in [-0.2, 0) is 6.54 Å². The number of nitrogens with one attached hydrogen (secondary N) is 1. The van der Waals surface area contributed by atoms with Crippen molar-refractivity contribution in [3.63, 3.8) is 0 Å². The maximum atomic E-state index is 5.97. The lowest BCUT2D eigenvalue weighted by Gasteiger charge is -2.07. The first-order valence-corrected chi connectivity index (χ1v) is 8.24. The number of methoxy groups -OCH3 is 1. The molecule has 0 saturated carbocycles. The molecule has 2 aromatic carbocycles. The Bertz CT molecular complexity index is 894. The Kier molecular flexibility index (Phi) is 5.17. The highest BCUT2D eigenvalue weighted by Crippen LogP contribution is 2.15. The summed E-state index contributed by atoms with van der Waals surface area (Å²) in [6, 6.07) is 13.7. The highest BCUT2D eigenvalue weighted by atomic mass is 16.5. The number of benzene rings is 2. The molecule has 3 N–H and O–H groups in total. The van der Waals surface area contributed by atoms with E-state index in [1.54, 1.807) is 11.8 Å². The second-order valence-electron chi connectivity index (χ2n) is 6.06. The number of ether oxygens (including phenoxy) is 1. The fourth-order valence-corrected chi connectivity index (χ4v) is 2.63. The van der Waals surface area contributed by atoms with Crippen molar-refractivity contribution in [2.45, 2.75) is 20.4 Å². The van der Waals surface area contributed by atoms with Crippen LogP contribution < -0.4 is 15.8 Å². The lowest BCUT2D eigenvalue weighted by atomic mass is 10.1. The summed E-state index contributed by atoms with van der Waals surface area (Å²) in [7, 11) is 1.64. The lowest BCUT2D eigenvalue weighted by molar-refractivity contribution is 0.414. The minimum Gasteiger partial charge on any atom is -0.497 e. The number of nitrogens with two attached hydrogens (primary N) is 1. The second-order valence-corrected chi connectivity index (χ2v) is 6.06. The summed E-state index contributed by atoms with van der Waals surface area (Å²) in [5, 5.41) is 11.4. The molecule has 0 saturated heterocycles. The minimum absolute atomic E-state index is 0.342. The summed E-state index contributed by atoms with van der Waals surface area (Å²) in [4.78, 5) is 4.33. The largest absolute Gasteiger partial charge is 0.497 e. The van der Waals surface area contributed by atoms with Crippen LogP contribution in [0.5, 0.6) is 5.75 Å². The Morgan fingerprint density at radius 1 is 1.15 bits per heavy atom. The fraction of sp³-hybridized carbons (Fsp3) is 0.211. The van der Waals surface area contributed by atoms with E-state index in [2.05, 4.69) is 26.7 Å². The van der Waals surface area contributed by atoms with Crippen molar-refractivity contribution in [2.24, 2.45) is 10.7 Å². The molecule has 0 radical (unpaired) electrons. The number of anilines is 1. The summed E-state index contributed by atoms with van der Waals surface area (Å²) in [6.07, 6.45) is 1.83. The van der Waals surface area contributed by atoms with Crippen molar-refractivity contribution >= 4 is 11.6 Å². The van der Waals surface area contributed by atoms with E-state index >= 15 is 0 Å². The van der Waals surface area contributed by atoms with Crippen LogP contribution >= 0.6 is 0 Å². The Morgan fingerprint density at radius 3 is 2.50 bits per heavy atom. The van der Waals surface area contributed by atoms with Crippen LogP contribution in [0.1, 0.15) is 16.8 Å². The fourth-order valence-electron chi connectivity index (χ4n) is 2.63. The summed E-state index contributed by atoms with van der Waals surface area (Å²) >= 11 is 0. The molecule has 0 aliphatic rings. The van der Waals surface area contributed by atoms with E-state index in [4.69, 9.17) is 10.5 Å². The van der Waals surface area contributed by atoms with Gasteiger partial charge in [0.25, 0.3) is 0 Å². The average molecular weight is 350 g/mol. The predicted molar refractivity (Wildman–Crippen MR) is 103 cm³/mol. The molecule has 3 aromatic rings. The molecule has 0 unspecified atom stereocenters. The van der Waals surface area contributed by atoms with Gasteiger partial charge in [0, 0.05) is 5.69 Å². The van der Waals surface area contributed by atoms with E-state index < -0.39 is 0 Å². The zero-order valence-electron chi connectivity index (χ0n) is 15.1. The third-order valence-corrected chi connectivity index (χ3v) is 3.78. The molecule has 0 fully saturated rings. The summed E-state index contributed by atoms with van der Waals surface area (Å²) in [5.41, 5.74) is 10.9. The molecule has 7 heteroatoms. The van der Waals surface area contributed by atoms with Crippen molar-refractivity contribution in [3.8, 4) is 11.4 Å². The Labute approximate surface area is 152 Å². The van der Waals surface area contributed by atoms with E-state index in [1.807, 2.05) is 56.4 Å². The predicted octanol–water partition coefficient (Wildman–Crippen LogP) is 2.82. The lowest BCUT2D eigenvalue weighted by Crippen LogP contribution is -2.22. The van der Waals surface area contributed by atoms with Gasteiger partial charge in [-0.1, -0.05) is 11.3 Å². The van der Waals surface area contributed by atoms with Gasteiger partial charge in [0.05, 0.1) is 25.5 Å². The molecule has 1 heterocycles. The van der Waals surface area contributed by atoms with Gasteiger partial charge in [-0.15, -0.1) is 5.10 Å². The molecule has 26 heavy (non-hydrogen) atoms. The highest BCUT2D eigenvalue weighted by molar-refractivity contribution is 5.92. The van der Waals surface area contributed by atoms with Crippen molar-refractivity contribution in [3.05, 3.63) is 65.5 Å². The molecule has 0 spiro atoms. The van der Waals surface area contributed by atoms with Gasteiger partial charge in [0.1, 0.15) is 11.4 Å². The highest BCUT2D eigenvalue weighted by Gasteiger charge is 2.04. The summed E-state index contributed by atoms with van der Waals surface area (Å²) in [5.74, 6) is 1.14. The van der Waals surface area contributed by atoms with Gasteiger partial charge in [0.15, 0.2) is 5.96 Å². The molecule has 0 bridgehead atoms. The number of aliphatic imine (C=N–C) groups is 1. The minimum atomic E-state index is 0.342. The average Bonchev–Trinajstić information content (AvgIpc) is 3.08. The molecule has 7 nitrogen and oxygen atoms in total. The number of hydrogen-bond acceptors (Lipinski definition) is 4. The maximum Gasteiger partial charge on any atom is 0.193 e. The van der Waals surface area contributed by atoms with Gasteiger partial charge in [-0.2, -0.15) is 0 Å². The van der Waals surface area contributed by atoms with E-state index in [0.29, 0.717) is 12.5 Å². The topological polar surface area (TPSA) is 90.3 Å².